The maximum atomic E-state index is 3.68. The molecule has 0 aromatic carbocycles. The topological polar surface area (TPSA) is 12.0 Å². The predicted octanol–water partition coefficient (Wildman–Crippen LogP) is 2.22. The number of hydrogen-bond donors (Lipinski definition) is 1. The lowest BCUT2D eigenvalue weighted by Crippen LogP contribution is -2.35. The lowest BCUT2D eigenvalue weighted by molar-refractivity contribution is 0.500. The minimum absolute atomic E-state index is 0.771. The first-order chi connectivity index (χ1) is 6.36. The summed E-state index contributed by atoms with van der Waals surface area (Å²) in [7, 11) is 0. The van der Waals surface area contributed by atoms with Gasteiger partial charge in [0.05, 0.1) is 0 Å². The second-order valence-electron chi connectivity index (χ2n) is 4.10. The van der Waals surface area contributed by atoms with Gasteiger partial charge in [-0.15, -0.1) is 0 Å². The van der Waals surface area contributed by atoms with Gasteiger partial charge < -0.3 is 5.32 Å². The van der Waals surface area contributed by atoms with Crippen LogP contribution in [0.4, 0.5) is 0 Å². The van der Waals surface area contributed by atoms with Crippen molar-refractivity contribution in [1.82, 2.24) is 5.32 Å². The standard InChI is InChI=1S/C10H19NS2/c1-8(9-2-3-9)11-6-10-7-12-4-5-13-10/h8-11H,2-7H2,1H3. The SMILES string of the molecule is CC(NCC1CSCCS1)C1CC1. The molecule has 2 unspecified atom stereocenters. The summed E-state index contributed by atoms with van der Waals surface area (Å²) in [6.07, 6.45) is 2.92. The fraction of sp³-hybridized carbons (Fsp3) is 1.00. The van der Waals surface area contributed by atoms with E-state index in [0.29, 0.717) is 0 Å². The Morgan fingerprint density at radius 1 is 1.38 bits per heavy atom. The van der Waals surface area contributed by atoms with Crippen LogP contribution >= 0.6 is 23.5 Å². The third-order valence-corrected chi connectivity index (χ3v) is 5.73. The van der Waals surface area contributed by atoms with Crippen molar-refractivity contribution in [2.75, 3.05) is 23.8 Å². The van der Waals surface area contributed by atoms with Crippen LogP contribution in [0.5, 0.6) is 0 Å². The van der Waals surface area contributed by atoms with Crippen LogP contribution < -0.4 is 5.32 Å². The van der Waals surface area contributed by atoms with Gasteiger partial charge in [0.1, 0.15) is 0 Å². The highest BCUT2D eigenvalue weighted by atomic mass is 32.2. The monoisotopic (exact) mass is 217 g/mol. The van der Waals surface area contributed by atoms with E-state index in [1.807, 2.05) is 0 Å². The zero-order valence-corrected chi connectivity index (χ0v) is 9.92. The van der Waals surface area contributed by atoms with Gasteiger partial charge in [-0.1, -0.05) is 0 Å². The van der Waals surface area contributed by atoms with E-state index in [1.165, 1.54) is 36.6 Å². The smallest absolute Gasteiger partial charge is 0.0263 e. The predicted molar refractivity (Wildman–Crippen MR) is 63.8 cm³/mol. The molecule has 1 saturated carbocycles. The number of rotatable bonds is 4. The van der Waals surface area contributed by atoms with Gasteiger partial charge in [-0.3, -0.25) is 0 Å². The molecule has 0 amide bonds. The molecule has 0 spiro atoms. The Bertz CT molecular complexity index is 153. The quantitative estimate of drug-likeness (QED) is 0.775. The molecule has 0 aromatic rings. The Hall–Kier alpha value is 0.660. The van der Waals surface area contributed by atoms with Gasteiger partial charge >= 0.3 is 0 Å². The molecule has 1 saturated heterocycles. The molecule has 3 heteroatoms. The highest BCUT2D eigenvalue weighted by molar-refractivity contribution is 8.06. The van der Waals surface area contributed by atoms with Crippen molar-refractivity contribution in [2.45, 2.75) is 31.1 Å². The maximum absolute atomic E-state index is 3.68. The van der Waals surface area contributed by atoms with Gasteiger partial charge in [0, 0.05) is 35.1 Å². The van der Waals surface area contributed by atoms with Crippen LogP contribution in [0.3, 0.4) is 0 Å². The van der Waals surface area contributed by atoms with E-state index < -0.39 is 0 Å². The zero-order valence-electron chi connectivity index (χ0n) is 8.29. The second kappa shape index (κ2) is 4.94. The molecular weight excluding hydrogens is 198 g/mol. The molecule has 2 atom stereocenters. The van der Waals surface area contributed by atoms with Gasteiger partial charge in [-0.25, -0.2) is 0 Å². The normalized spacial score (nSPS) is 31.6. The van der Waals surface area contributed by atoms with Gasteiger partial charge in [0.15, 0.2) is 0 Å². The van der Waals surface area contributed by atoms with Crippen molar-refractivity contribution in [3.8, 4) is 0 Å². The van der Waals surface area contributed by atoms with Crippen LogP contribution in [0.15, 0.2) is 0 Å². The third-order valence-electron chi connectivity index (χ3n) is 2.88. The molecule has 2 aliphatic rings. The molecule has 1 aliphatic heterocycles. The van der Waals surface area contributed by atoms with Crippen molar-refractivity contribution in [3.05, 3.63) is 0 Å². The summed E-state index contributed by atoms with van der Waals surface area (Å²) in [6.45, 7) is 3.58. The highest BCUT2D eigenvalue weighted by Crippen LogP contribution is 2.32. The molecule has 1 nitrogen and oxygen atoms in total. The first kappa shape index (κ1) is 10.2. The van der Waals surface area contributed by atoms with Gasteiger partial charge in [0.25, 0.3) is 0 Å². The summed E-state index contributed by atoms with van der Waals surface area (Å²) >= 11 is 4.27. The zero-order chi connectivity index (χ0) is 9.10. The molecule has 13 heavy (non-hydrogen) atoms. The van der Waals surface area contributed by atoms with Crippen molar-refractivity contribution in [1.29, 1.82) is 0 Å². The minimum Gasteiger partial charge on any atom is -0.313 e. The summed E-state index contributed by atoms with van der Waals surface area (Å²) in [4.78, 5) is 0. The molecular formula is C10H19NS2. The Labute approximate surface area is 89.8 Å². The van der Waals surface area contributed by atoms with Crippen LogP contribution in [0.25, 0.3) is 0 Å². The van der Waals surface area contributed by atoms with Crippen molar-refractivity contribution in [2.24, 2.45) is 5.92 Å². The molecule has 2 fully saturated rings. The van der Waals surface area contributed by atoms with Gasteiger partial charge in [-0.2, -0.15) is 23.5 Å². The molecule has 0 radical (unpaired) electrons. The number of hydrogen-bond acceptors (Lipinski definition) is 3. The molecule has 1 heterocycles. The van der Waals surface area contributed by atoms with E-state index in [2.05, 4.69) is 35.8 Å². The average molecular weight is 217 g/mol. The van der Waals surface area contributed by atoms with E-state index in [9.17, 15) is 0 Å². The summed E-state index contributed by atoms with van der Waals surface area (Å²) in [5.41, 5.74) is 0. The van der Waals surface area contributed by atoms with Crippen molar-refractivity contribution in [3.63, 3.8) is 0 Å². The van der Waals surface area contributed by atoms with E-state index >= 15 is 0 Å². The average Bonchev–Trinajstić information content (AvgIpc) is 2.99. The molecule has 76 valence electrons. The maximum Gasteiger partial charge on any atom is 0.0263 e. The first-order valence-corrected chi connectivity index (χ1v) is 7.49. The fourth-order valence-electron chi connectivity index (χ4n) is 1.73. The Kier molecular flexibility index (Phi) is 3.87. The van der Waals surface area contributed by atoms with Crippen molar-refractivity contribution < 1.29 is 0 Å². The minimum atomic E-state index is 0.771. The lowest BCUT2D eigenvalue weighted by Gasteiger charge is -2.23. The van der Waals surface area contributed by atoms with Crippen LogP contribution in [-0.4, -0.2) is 35.1 Å². The summed E-state index contributed by atoms with van der Waals surface area (Å²) in [5.74, 6) is 5.07. The van der Waals surface area contributed by atoms with Crippen LogP contribution in [0, 0.1) is 5.92 Å². The Morgan fingerprint density at radius 3 is 2.85 bits per heavy atom. The Morgan fingerprint density at radius 2 is 2.23 bits per heavy atom. The van der Waals surface area contributed by atoms with E-state index in [1.54, 1.807) is 0 Å². The van der Waals surface area contributed by atoms with Gasteiger partial charge in [0.2, 0.25) is 0 Å². The lowest BCUT2D eigenvalue weighted by atomic mass is 10.2. The molecule has 2 rings (SSSR count). The summed E-state index contributed by atoms with van der Waals surface area (Å²) in [5, 5.41) is 4.56. The first-order valence-electron chi connectivity index (χ1n) is 5.29. The Balaban J connectivity index is 1.60. The molecule has 0 bridgehead atoms. The fourth-order valence-corrected chi connectivity index (χ4v) is 4.36. The molecule has 1 aliphatic carbocycles. The largest absolute Gasteiger partial charge is 0.313 e. The van der Waals surface area contributed by atoms with Crippen molar-refractivity contribution >= 4 is 23.5 Å². The number of thioether (sulfide) groups is 2. The van der Waals surface area contributed by atoms with Crippen LogP contribution in [0.1, 0.15) is 19.8 Å². The number of nitrogens with one attached hydrogen (secondary N) is 1. The molecule has 0 aromatic heterocycles. The second-order valence-corrected chi connectivity index (χ2v) is 6.66. The molecule has 1 N–H and O–H groups in total. The summed E-state index contributed by atoms with van der Waals surface area (Å²) < 4.78 is 0. The third kappa shape index (κ3) is 3.37. The van der Waals surface area contributed by atoms with Crippen LogP contribution in [0.2, 0.25) is 0 Å². The summed E-state index contributed by atoms with van der Waals surface area (Å²) in [6, 6.07) is 0.771. The van der Waals surface area contributed by atoms with E-state index in [0.717, 1.165) is 17.2 Å². The van der Waals surface area contributed by atoms with Crippen LogP contribution in [-0.2, 0) is 0 Å². The van der Waals surface area contributed by atoms with E-state index in [-0.39, 0.29) is 0 Å². The van der Waals surface area contributed by atoms with Gasteiger partial charge in [-0.05, 0) is 25.7 Å². The highest BCUT2D eigenvalue weighted by Gasteiger charge is 2.28. The van der Waals surface area contributed by atoms with E-state index in [4.69, 9.17) is 0 Å².